The van der Waals surface area contributed by atoms with Crippen molar-refractivity contribution in [2.24, 2.45) is 5.92 Å². The quantitative estimate of drug-likeness (QED) is 0.618. The standard InChI is InChI=1S/C24H27N3O3/c1-17-8-3-5-11-20(17)24-25-22(30-26-24)14-18-9-7-13-27(16-18)23(28)15-19-10-4-6-12-21(19)29-2/h3-6,8,10-12,18H,7,9,13-16H2,1-2H3/t18-/m1/s1. The Hall–Kier alpha value is -3.15. The number of nitrogens with zero attached hydrogens (tertiary/aromatic N) is 3. The maximum atomic E-state index is 12.9. The number of amides is 1. The summed E-state index contributed by atoms with van der Waals surface area (Å²) in [6.07, 6.45) is 3.09. The van der Waals surface area contributed by atoms with Crippen molar-refractivity contribution in [2.75, 3.05) is 20.2 Å². The summed E-state index contributed by atoms with van der Waals surface area (Å²) in [6.45, 7) is 3.55. The van der Waals surface area contributed by atoms with Gasteiger partial charge in [0, 0.05) is 30.6 Å². The number of aryl methyl sites for hydroxylation is 1. The van der Waals surface area contributed by atoms with Crippen molar-refractivity contribution >= 4 is 5.91 Å². The number of carbonyl (C=O) groups is 1. The fourth-order valence-electron chi connectivity index (χ4n) is 4.10. The van der Waals surface area contributed by atoms with Crippen LogP contribution in [0.1, 0.15) is 29.9 Å². The minimum Gasteiger partial charge on any atom is -0.496 e. The summed E-state index contributed by atoms with van der Waals surface area (Å²) in [7, 11) is 1.63. The Labute approximate surface area is 176 Å². The van der Waals surface area contributed by atoms with Crippen molar-refractivity contribution < 1.29 is 14.1 Å². The zero-order valence-corrected chi connectivity index (χ0v) is 17.5. The number of piperidine rings is 1. The summed E-state index contributed by atoms with van der Waals surface area (Å²) in [5.41, 5.74) is 3.03. The Morgan fingerprint density at radius 2 is 2.00 bits per heavy atom. The number of ether oxygens (including phenoxy) is 1. The summed E-state index contributed by atoms with van der Waals surface area (Å²) >= 11 is 0. The van der Waals surface area contributed by atoms with E-state index in [0.717, 1.165) is 48.4 Å². The average molecular weight is 405 g/mol. The van der Waals surface area contributed by atoms with Gasteiger partial charge in [0.2, 0.25) is 17.6 Å². The Bertz CT molecular complexity index is 1010. The number of methoxy groups -OCH3 is 1. The molecular weight excluding hydrogens is 378 g/mol. The topological polar surface area (TPSA) is 68.5 Å². The van der Waals surface area contributed by atoms with E-state index in [9.17, 15) is 4.79 Å². The molecule has 156 valence electrons. The van der Waals surface area contributed by atoms with Crippen LogP contribution in [0.15, 0.2) is 53.1 Å². The highest BCUT2D eigenvalue weighted by Gasteiger charge is 2.26. The lowest BCUT2D eigenvalue weighted by Gasteiger charge is -2.32. The molecular formula is C24H27N3O3. The fourth-order valence-corrected chi connectivity index (χ4v) is 4.10. The van der Waals surface area contributed by atoms with Crippen molar-refractivity contribution in [3.05, 3.63) is 65.5 Å². The second kappa shape index (κ2) is 9.11. The monoisotopic (exact) mass is 405 g/mol. The molecule has 0 N–H and O–H groups in total. The average Bonchev–Trinajstić information content (AvgIpc) is 3.22. The van der Waals surface area contributed by atoms with Crippen molar-refractivity contribution in [2.45, 2.75) is 32.6 Å². The summed E-state index contributed by atoms with van der Waals surface area (Å²) in [4.78, 5) is 19.4. The molecule has 2 aromatic carbocycles. The molecule has 1 fully saturated rings. The van der Waals surface area contributed by atoms with Gasteiger partial charge in [-0.2, -0.15) is 4.98 Å². The molecule has 0 spiro atoms. The van der Waals surface area contributed by atoms with Gasteiger partial charge < -0.3 is 14.2 Å². The van der Waals surface area contributed by atoms with E-state index < -0.39 is 0 Å². The van der Waals surface area contributed by atoms with Crippen LogP contribution in [0.3, 0.4) is 0 Å². The summed E-state index contributed by atoms with van der Waals surface area (Å²) in [5.74, 6) is 2.48. The molecule has 0 radical (unpaired) electrons. The van der Waals surface area contributed by atoms with Gasteiger partial charge >= 0.3 is 0 Å². The number of aromatic nitrogens is 2. The Morgan fingerprint density at radius 3 is 2.83 bits per heavy atom. The van der Waals surface area contributed by atoms with E-state index in [0.29, 0.717) is 30.5 Å². The number of para-hydroxylation sites is 1. The molecule has 1 aliphatic rings. The van der Waals surface area contributed by atoms with Gasteiger partial charge in [-0.05, 0) is 37.3 Å². The Morgan fingerprint density at radius 1 is 1.20 bits per heavy atom. The summed E-state index contributed by atoms with van der Waals surface area (Å²) < 4.78 is 10.9. The number of carbonyl (C=O) groups excluding carboxylic acids is 1. The smallest absolute Gasteiger partial charge is 0.227 e. The van der Waals surface area contributed by atoms with Gasteiger partial charge in [0.1, 0.15) is 5.75 Å². The molecule has 2 heterocycles. The minimum atomic E-state index is 0.135. The van der Waals surface area contributed by atoms with Gasteiger partial charge in [0.25, 0.3) is 0 Å². The summed E-state index contributed by atoms with van der Waals surface area (Å²) in [6, 6.07) is 15.7. The SMILES string of the molecule is COc1ccccc1CC(=O)N1CCC[C@H](Cc2nc(-c3ccccc3C)no2)C1. The van der Waals surface area contributed by atoms with Crippen LogP contribution >= 0.6 is 0 Å². The fraction of sp³-hybridized carbons (Fsp3) is 0.375. The molecule has 1 saturated heterocycles. The van der Waals surface area contributed by atoms with E-state index in [1.54, 1.807) is 7.11 Å². The van der Waals surface area contributed by atoms with E-state index >= 15 is 0 Å². The molecule has 0 unspecified atom stereocenters. The summed E-state index contributed by atoms with van der Waals surface area (Å²) in [5, 5.41) is 4.16. The number of rotatable bonds is 6. The van der Waals surface area contributed by atoms with Crippen molar-refractivity contribution in [3.63, 3.8) is 0 Å². The van der Waals surface area contributed by atoms with Crippen LogP contribution in [0.5, 0.6) is 5.75 Å². The highest BCUT2D eigenvalue weighted by Crippen LogP contribution is 2.25. The molecule has 1 amide bonds. The van der Waals surface area contributed by atoms with Crippen LogP contribution in [0, 0.1) is 12.8 Å². The first-order chi connectivity index (χ1) is 14.6. The maximum Gasteiger partial charge on any atom is 0.227 e. The highest BCUT2D eigenvalue weighted by molar-refractivity contribution is 5.79. The molecule has 4 rings (SSSR count). The van der Waals surface area contributed by atoms with Crippen LogP contribution in [-0.2, 0) is 17.6 Å². The third-order valence-corrected chi connectivity index (χ3v) is 5.72. The maximum absolute atomic E-state index is 12.9. The second-order valence-corrected chi connectivity index (χ2v) is 7.87. The minimum absolute atomic E-state index is 0.135. The number of hydrogen-bond donors (Lipinski definition) is 0. The predicted octanol–water partition coefficient (Wildman–Crippen LogP) is 4.08. The van der Waals surface area contributed by atoms with E-state index in [-0.39, 0.29) is 5.91 Å². The van der Waals surface area contributed by atoms with Crippen LogP contribution in [0.4, 0.5) is 0 Å². The van der Waals surface area contributed by atoms with Crippen molar-refractivity contribution in [3.8, 4) is 17.1 Å². The third-order valence-electron chi connectivity index (χ3n) is 5.72. The van der Waals surface area contributed by atoms with E-state index in [4.69, 9.17) is 9.26 Å². The number of benzene rings is 2. The largest absolute Gasteiger partial charge is 0.496 e. The zero-order valence-electron chi connectivity index (χ0n) is 17.5. The van der Waals surface area contributed by atoms with Gasteiger partial charge in [-0.25, -0.2) is 0 Å². The predicted molar refractivity (Wildman–Crippen MR) is 114 cm³/mol. The lowest BCUT2D eigenvalue weighted by Crippen LogP contribution is -2.41. The molecule has 6 heteroatoms. The van der Waals surface area contributed by atoms with Gasteiger partial charge in [0.05, 0.1) is 13.5 Å². The van der Waals surface area contributed by atoms with Crippen LogP contribution in [0.25, 0.3) is 11.4 Å². The Kier molecular flexibility index (Phi) is 6.12. The molecule has 1 aromatic heterocycles. The lowest BCUT2D eigenvalue weighted by molar-refractivity contribution is -0.132. The molecule has 1 aliphatic heterocycles. The Balaban J connectivity index is 1.39. The normalized spacial score (nSPS) is 16.5. The van der Waals surface area contributed by atoms with Gasteiger partial charge in [-0.3, -0.25) is 4.79 Å². The molecule has 0 aliphatic carbocycles. The highest BCUT2D eigenvalue weighted by atomic mass is 16.5. The molecule has 0 saturated carbocycles. The van der Waals surface area contributed by atoms with E-state index in [1.807, 2.05) is 60.4 Å². The molecule has 30 heavy (non-hydrogen) atoms. The van der Waals surface area contributed by atoms with E-state index in [1.165, 1.54) is 0 Å². The van der Waals surface area contributed by atoms with Gasteiger partial charge in [0.15, 0.2) is 0 Å². The number of hydrogen-bond acceptors (Lipinski definition) is 5. The zero-order chi connectivity index (χ0) is 20.9. The van der Waals surface area contributed by atoms with Crippen LogP contribution in [-0.4, -0.2) is 41.1 Å². The first-order valence-electron chi connectivity index (χ1n) is 10.4. The molecule has 6 nitrogen and oxygen atoms in total. The molecule has 3 aromatic rings. The van der Waals surface area contributed by atoms with Gasteiger partial charge in [-0.15, -0.1) is 0 Å². The first kappa shape index (κ1) is 20.1. The van der Waals surface area contributed by atoms with E-state index in [2.05, 4.69) is 10.1 Å². The second-order valence-electron chi connectivity index (χ2n) is 7.87. The third kappa shape index (κ3) is 4.53. The van der Waals surface area contributed by atoms with Gasteiger partial charge in [-0.1, -0.05) is 47.6 Å². The first-order valence-corrected chi connectivity index (χ1v) is 10.4. The number of likely N-dealkylation sites (tertiary alicyclic amines) is 1. The lowest BCUT2D eigenvalue weighted by atomic mass is 9.94. The van der Waals surface area contributed by atoms with Crippen molar-refractivity contribution in [1.82, 2.24) is 15.0 Å². The molecule has 0 bridgehead atoms. The van der Waals surface area contributed by atoms with Crippen LogP contribution in [0.2, 0.25) is 0 Å². The van der Waals surface area contributed by atoms with Crippen molar-refractivity contribution in [1.29, 1.82) is 0 Å². The van der Waals surface area contributed by atoms with Crippen LogP contribution < -0.4 is 4.74 Å². The molecule has 1 atom stereocenters.